The summed E-state index contributed by atoms with van der Waals surface area (Å²) in [5.74, 6) is -0.181. The fraction of sp³-hybridized carbons (Fsp3) is 0.333. The van der Waals surface area contributed by atoms with Crippen molar-refractivity contribution in [2.75, 3.05) is 21.3 Å². The van der Waals surface area contributed by atoms with Gasteiger partial charge in [0.25, 0.3) is 0 Å². The zero-order chi connectivity index (χ0) is 24.1. The van der Waals surface area contributed by atoms with Crippen LogP contribution in [0.5, 0.6) is 23.0 Å². The van der Waals surface area contributed by atoms with E-state index in [2.05, 4.69) is 5.32 Å². The number of carbonyl (C=O) groups excluding carboxylic acids is 1. The van der Waals surface area contributed by atoms with Gasteiger partial charge in [-0.3, -0.25) is 4.79 Å². The minimum absolute atomic E-state index is 0.0415. The van der Waals surface area contributed by atoms with E-state index in [0.29, 0.717) is 23.6 Å². The summed E-state index contributed by atoms with van der Waals surface area (Å²) < 4.78 is 23.5. The zero-order valence-corrected chi connectivity index (χ0v) is 19.3. The Bertz CT molecular complexity index is 1200. The van der Waals surface area contributed by atoms with Crippen molar-refractivity contribution < 1.29 is 28.5 Å². The second-order valence-corrected chi connectivity index (χ2v) is 7.51. The maximum absolute atomic E-state index is 12.9. The Labute approximate surface area is 191 Å². The molecule has 1 amide bonds. The van der Waals surface area contributed by atoms with E-state index in [4.69, 9.17) is 18.6 Å². The molecule has 0 saturated heterocycles. The van der Waals surface area contributed by atoms with Crippen molar-refractivity contribution in [3.05, 3.63) is 69.5 Å². The average molecular weight is 456 g/mol. The molecule has 0 saturated carbocycles. The molecule has 3 rings (SSSR count). The SMILES string of the molecule is COc1ccc(C(CC(=O)NCc2cccn2C)c2c(O)cc(C)oc2=O)c(OC)c1OC. The lowest BCUT2D eigenvalue weighted by molar-refractivity contribution is -0.121. The van der Waals surface area contributed by atoms with Gasteiger partial charge in [-0.15, -0.1) is 0 Å². The summed E-state index contributed by atoms with van der Waals surface area (Å²) in [6.07, 6.45) is 1.74. The Morgan fingerprint density at radius 1 is 1.15 bits per heavy atom. The molecule has 0 bridgehead atoms. The Kier molecular flexibility index (Phi) is 7.32. The van der Waals surface area contributed by atoms with Crippen LogP contribution in [0.25, 0.3) is 0 Å². The van der Waals surface area contributed by atoms with Crippen LogP contribution in [0.1, 0.15) is 34.9 Å². The highest BCUT2D eigenvalue weighted by molar-refractivity contribution is 5.78. The molecule has 1 atom stereocenters. The Morgan fingerprint density at radius 3 is 2.45 bits per heavy atom. The molecule has 9 heteroatoms. The molecule has 2 aromatic heterocycles. The Hall–Kier alpha value is -3.88. The standard InChI is InChI=1S/C24H28N2O7/c1-14-11-18(27)21(24(29)33-14)17(12-20(28)25-13-15-7-6-10-26(15)2)16-8-9-19(30-3)23(32-5)22(16)31-4/h6-11,17,27H,12-13H2,1-5H3,(H,25,28). The lowest BCUT2D eigenvalue weighted by Crippen LogP contribution is -2.27. The number of benzene rings is 1. The van der Waals surface area contributed by atoms with Crippen LogP contribution in [-0.4, -0.2) is 36.9 Å². The molecule has 0 spiro atoms. The van der Waals surface area contributed by atoms with Gasteiger partial charge in [0.15, 0.2) is 11.5 Å². The third-order valence-corrected chi connectivity index (χ3v) is 5.46. The largest absolute Gasteiger partial charge is 0.507 e. The van der Waals surface area contributed by atoms with Crippen LogP contribution in [0.15, 0.2) is 45.7 Å². The van der Waals surface area contributed by atoms with E-state index >= 15 is 0 Å². The molecule has 9 nitrogen and oxygen atoms in total. The van der Waals surface area contributed by atoms with Gasteiger partial charge in [-0.05, 0) is 25.1 Å². The van der Waals surface area contributed by atoms with Gasteiger partial charge in [0.1, 0.15) is 11.5 Å². The number of rotatable bonds is 9. The van der Waals surface area contributed by atoms with Crippen molar-refractivity contribution in [1.29, 1.82) is 0 Å². The molecule has 0 aliphatic carbocycles. The molecule has 3 aromatic rings. The molecule has 33 heavy (non-hydrogen) atoms. The first kappa shape index (κ1) is 23.8. The van der Waals surface area contributed by atoms with E-state index < -0.39 is 11.5 Å². The van der Waals surface area contributed by atoms with E-state index in [1.165, 1.54) is 27.4 Å². The normalized spacial score (nSPS) is 11.7. The first-order valence-corrected chi connectivity index (χ1v) is 10.3. The van der Waals surface area contributed by atoms with Crippen molar-refractivity contribution in [3.63, 3.8) is 0 Å². The molecule has 176 valence electrons. The number of hydrogen-bond acceptors (Lipinski definition) is 7. The quantitative estimate of drug-likeness (QED) is 0.509. The van der Waals surface area contributed by atoms with Crippen LogP contribution < -0.4 is 25.2 Å². The third-order valence-electron chi connectivity index (χ3n) is 5.46. The lowest BCUT2D eigenvalue weighted by Gasteiger charge is -2.22. The summed E-state index contributed by atoms with van der Waals surface area (Å²) in [6.45, 7) is 1.87. The van der Waals surface area contributed by atoms with Crippen LogP contribution in [0.2, 0.25) is 0 Å². The summed E-state index contributed by atoms with van der Waals surface area (Å²) in [4.78, 5) is 25.7. The first-order chi connectivity index (χ1) is 15.8. The average Bonchev–Trinajstić information content (AvgIpc) is 3.19. The van der Waals surface area contributed by atoms with Gasteiger partial charge in [0, 0.05) is 42.9 Å². The van der Waals surface area contributed by atoms with Crippen LogP contribution in [0.3, 0.4) is 0 Å². The van der Waals surface area contributed by atoms with Crippen molar-refractivity contribution in [2.45, 2.75) is 25.8 Å². The maximum Gasteiger partial charge on any atom is 0.343 e. The molecule has 0 radical (unpaired) electrons. The molecule has 2 N–H and O–H groups in total. The fourth-order valence-corrected chi connectivity index (χ4v) is 3.82. The highest BCUT2D eigenvalue weighted by atomic mass is 16.5. The molecular formula is C24H28N2O7. The zero-order valence-electron chi connectivity index (χ0n) is 19.3. The second-order valence-electron chi connectivity index (χ2n) is 7.51. The van der Waals surface area contributed by atoms with Crippen molar-refractivity contribution in [1.82, 2.24) is 9.88 Å². The maximum atomic E-state index is 12.9. The van der Waals surface area contributed by atoms with Gasteiger partial charge in [0.05, 0.1) is 33.4 Å². The van der Waals surface area contributed by atoms with Crippen LogP contribution >= 0.6 is 0 Å². The van der Waals surface area contributed by atoms with Crippen LogP contribution in [0.4, 0.5) is 0 Å². The molecule has 0 aliphatic rings. The number of aromatic hydroxyl groups is 1. The van der Waals surface area contributed by atoms with Crippen LogP contribution in [-0.2, 0) is 18.4 Å². The van der Waals surface area contributed by atoms with Gasteiger partial charge < -0.3 is 33.6 Å². The molecule has 2 heterocycles. The smallest absolute Gasteiger partial charge is 0.343 e. The Morgan fingerprint density at radius 2 is 1.88 bits per heavy atom. The van der Waals surface area contributed by atoms with Gasteiger partial charge in [-0.1, -0.05) is 6.07 Å². The number of nitrogens with one attached hydrogen (secondary N) is 1. The number of amides is 1. The van der Waals surface area contributed by atoms with E-state index in [-0.39, 0.29) is 35.2 Å². The molecular weight excluding hydrogens is 428 g/mol. The van der Waals surface area contributed by atoms with Gasteiger partial charge in [-0.2, -0.15) is 0 Å². The van der Waals surface area contributed by atoms with Crippen molar-refractivity contribution in [2.24, 2.45) is 7.05 Å². The topological polar surface area (TPSA) is 112 Å². The number of hydrogen-bond donors (Lipinski definition) is 2. The number of aryl methyl sites for hydroxylation is 2. The number of ether oxygens (including phenoxy) is 3. The summed E-state index contributed by atoms with van der Waals surface area (Å²) >= 11 is 0. The molecule has 1 aromatic carbocycles. The second kappa shape index (κ2) is 10.2. The van der Waals surface area contributed by atoms with Gasteiger partial charge in [0.2, 0.25) is 11.7 Å². The lowest BCUT2D eigenvalue weighted by atomic mass is 9.87. The minimum Gasteiger partial charge on any atom is -0.507 e. The molecule has 0 fully saturated rings. The summed E-state index contributed by atoms with van der Waals surface area (Å²) in [7, 11) is 6.29. The van der Waals surface area contributed by atoms with Gasteiger partial charge >= 0.3 is 5.63 Å². The number of carbonyl (C=O) groups is 1. The number of nitrogens with zero attached hydrogens (tertiary/aromatic N) is 1. The monoisotopic (exact) mass is 456 g/mol. The predicted molar refractivity (Wildman–Crippen MR) is 121 cm³/mol. The minimum atomic E-state index is -0.870. The summed E-state index contributed by atoms with van der Waals surface area (Å²) in [5, 5.41) is 13.5. The van der Waals surface area contributed by atoms with Crippen molar-refractivity contribution in [3.8, 4) is 23.0 Å². The summed E-state index contributed by atoms with van der Waals surface area (Å²) in [5.41, 5.74) is 0.613. The Balaban J connectivity index is 2.06. The van der Waals surface area contributed by atoms with E-state index in [0.717, 1.165) is 5.69 Å². The van der Waals surface area contributed by atoms with Crippen molar-refractivity contribution >= 4 is 5.91 Å². The molecule has 1 unspecified atom stereocenters. The van der Waals surface area contributed by atoms with E-state index in [1.807, 2.05) is 29.9 Å². The van der Waals surface area contributed by atoms with E-state index in [9.17, 15) is 14.7 Å². The molecule has 0 aliphatic heterocycles. The van der Waals surface area contributed by atoms with Gasteiger partial charge in [-0.25, -0.2) is 4.79 Å². The summed E-state index contributed by atoms with van der Waals surface area (Å²) in [6, 6.07) is 8.45. The highest BCUT2D eigenvalue weighted by Crippen LogP contribution is 2.45. The fourth-order valence-electron chi connectivity index (χ4n) is 3.82. The highest BCUT2D eigenvalue weighted by Gasteiger charge is 2.30. The van der Waals surface area contributed by atoms with Crippen LogP contribution in [0, 0.1) is 6.92 Å². The number of aromatic nitrogens is 1. The third kappa shape index (κ3) is 4.97. The first-order valence-electron chi connectivity index (χ1n) is 10.3. The number of methoxy groups -OCH3 is 3. The van der Waals surface area contributed by atoms with E-state index in [1.54, 1.807) is 19.1 Å². The predicted octanol–water partition coefficient (Wildman–Crippen LogP) is 2.86.